The molecule has 1 aromatic carbocycles. The molecule has 4 rings (SSSR count). The molecule has 2 fully saturated rings. The molecule has 1 unspecified atom stereocenters. The summed E-state index contributed by atoms with van der Waals surface area (Å²) in [4.78, 5) is 20.2. The molecule has 2 aromatic rings. The Morgan fingerprint density at radius 2 is 2.08 bits per heavy atom. The molecule has 2 aliphatic rings. The van der Waals surface area contributed by atoms with Crippen LogP contribution in [0.25, 0.3) is 0 Å². The lowest BCUT2D eigenvalue weighted by molar-refractivity contribution is -0.0953. The number of nitrogens with zero attached hydrogens (tertiary/aromatic N) is 3. The van der Waals surface area contributed by atoms with Crippen molar-refractivity contribution in [1.29, 1.82) is 0 Å². The van der Waals surface area contributed by atoms with Gasteiger partial charge < -0.3 is 9.64 Å². The van der Waals surface area contributed by atoms with E-state index in [4.69, 9.17) is 4.74 Å². The van der Waals surface area contributed by atoms with Crippen LogP contribution in [0, 0.1) is 5.82 Å². The first-order valence-corrected chi connectivity index (χ1v) is 8.84. The number of hydrogen-bond donors (Lipinski definition) is 0. The molecule has 0 bridgehead atoms. The van der Waals surface area contributed by atoms with Crippen molar-refractivity contribution in [2.75, 3.05) is 26.7 Å². The monoisotopic (exact) mass is 355 g/mol. The molecule has 2 saturated heterocycles. The van der Waals surface area contributed by atoms with Crippen LogP contribution in [0.3, 0.4) is 0 Å². The fraction of sp³-hybridized carbons (Fsp3) is 0.400. The van der Waals surface area contributed by atoms with Crippen LogP contribution in [0.5, 0.6) is 0 Å². The summed E-state index contributed by atoms with van der Waals surface area (Å²) in [7, 11) is 2.10. The van der Waals surface area contributed by atoms with Crippen molar-refractivity contribution in [3.05, 3.63) is 65.7 Å². The van der Waals surface area contributed by atoms with Crippen LogP contribution in [-0.4, -0.2) is 59.1 Å². The first kappa shape index (κ1) is 17.1. The molecule has 1 amide bonds. The first-order valence-electron chi connectivity index (χ1n) is 8.84. The lowest BCUT2D eigenvalue weighted by Gasteiger charge is -2.47. The molecule has 0 aliphatic carbocycles. The second kappa shape index (κ2) is 6.78. The van der Waals surface area contributed by atoms with Gasteiger partial charge in [-0.3, -0.25) is 9.69 Å². The summed E-state index contributed by atoms with van der Waals surface area (Å²) in [5.74, 6) is -0.940. The lowest BCUT2D eigenvalue weighted by atomic mass is 9.88. The van der Waals surface area contributed by atoms with E-state index < -0.39 is 5.82 Å². The summed E-state index contributed by atoms with van der Waals surface area (Å²) in [5, 5.41) is 0. The van der Waals surface area contributed by atoms with E-state index in [0.29, 0.717) is 25.7 Å². The van der Waals surface area contributed by atoms with E-state index in [-0.39, 0.29) is 17.2 Å². The van der Waals surface area contributed by atoms with Crippen LogP contribution in [-0.2, 0) is 11.3 Å². The van der Waals surface area contributed by atoms with Gasteiger partial charge in [-0.15, -0.1) is 0 Å². The van der Waals surface area contributed by atoms with Crippen molar-refractivity contribution in [3.63, 3.8) is 0 Å². The summed E-state index contributed by atoms with van der Waals surface area (Å²) in [6.45, 7) is 2.52. The highest BCUT2D eigenvalue weighted by Crippen LogP contribution is 2.37. The van der Waals surface area contributed by atoms with Crippen LogP contribution in [0.15, 0.2) is 48.7 Å². The standard InChI is InChI=1S/C20H22FN3O2/c1-23(11-15-6-3-2-4-7-15)16-10-20(26-12-16)13-24(14-20)19(25)18-17(21)8-5-9-22-18/h2-9,16H,10-14H2,1H3. The highest BCUT2D eigenvalue weighted by molar-refractivity contribution is 5.93. The number of rotatable bonds is 4. The molecule has 6 heteroatoms. The van der Waals surface area contributed by atoms with Gasteiger partial charge in [0.25, 0.3) is 5.91 Å². The van der Waals surface area contributed by atoms with E-state index in [1.165, 1.54) is 23.9 Å². The van der Waals surface area contributed by atoms with Crippen molar-refractivity contribution in [1.82, 2.24) is 14.8 Å². The van der Waals surface area contributed by atoms with Crippen molar-refractivity contribution < 1.29 is 13.9 Å². The number of aromatic nitrogens is 1. The van der Waals surface area contributed by atoms with Gasteiger partial charge >= 0.3 is 0 Å². The number of likely N-dealkylation sites (tertiary alicyclic amines) is 1. The molecular weight excluding hydrogens is 333 g/mol. The average molecular weight is 355 g/mol. The summed E-state index contributed by atoms with van der Waals surface area (Å²) in [5.41, 5.74) is 0.862. The van der Waals surface area contributed by atoms with Crippen LogP contribution in [0.1, 0.15) is 22.5 Å². The maximum Gasteiger partial charge on any atom is 0.275 e. The minimum absolute atomic E-state index is 0.113. The van der Waals surface area contributed by atoms with E-state index in [1.807, 2.05) is 18.2 Å². The molecule has 0 N–H and O–H groups in total. The largest absolute Gasteiger partial charge is 0.370 e. The zero-order valence-corrected chi connectivity index (χ0v) is 14.8. The van der Waals surface area contributed by atoms with Crippen LogP contribution < -0.4 is 0 Å². The van der Waals surface area contributed by atoms with E-state index >= 15 is 0 Å². The minimum Gasteiger partial charge on any atom is -0.370 e. The molecule has 5 nitrogen and oxygen atoms in total. The minimum atomic E-state index is -0.578. The third kappa shape index (κ3) is 3.22. The maximum atomic E-state index is 13.8. The SMILES string of the molecule is CN(Cc1ccccc1)C1COC2(C1)CN(C(=O)c1ncccc1F)C2. The van der Waals surface area contributed by atoms with Gasteiger partial charge in [0.05, 0.1) is 19.7 Å². The number of halogens is 1. The van der Waals surface area contributed by atoms with Gasteiger partial charge in [-0.05, 0) is 31.2 Å². The molecule has 1 spiro atoms. The molecule has 0 radical (unpaired) electrons. The Balaban J connectivity index is 1.34. The first-order chi connectivity index (χ1) is 12.6. The summed E-state index contributed by atoms with van der Waals surface area (Å²) in [6, 6.07) is 13.4. The van der Waals surface area contributed by atoms with Gasteiger partial charge in [0.1, 0.15) is 5.60 Å². The Hall–Kier alpha value is -2.31. The van der Waals surface area contributed by atoms with Crippen LogP contribution >= 0.6 is 0 Å². The maximum absolute atomic E-state index is 13.8. The van der Waals surface area contributed by atoms with Gasteiger partial charge in [0.2, 0.25) is 0 Å². The Morgan fingerprint density at radius 3 is 2.81 bits per heavy atom. The van der Waals surface area contributed by atoms with Crippen molar-refractivity contribution in [2.45, 2.75) is 24.6 Å². The Bertz CT molecular complexity index is 793. The molecule has 3 heterocycles. The molecule has 2 aliphatic heterocycles. The molecule has 0 saturated carbocycles. The molecule has 1 atom stereocenters. The van der Waals surface area contributed by atoms with E-state index in [2.05, 4.69) is 29.1 Å². The van der Waals surface area contributed by atoms with Gasteiger partial charge in [-0.2, -0.15) is 0 Å². The number of carbonyl (C=O) groups is 1. The van der Waals surface area contributed by atoms with Crippen LogP contribution in [0.4, 0.5) is 4.39 Å². The average Bonchev–Trinajstić information content (AvgIpc) is 3.07. The Labute approximate surface area is 152 Å². The zero-order chi connectivity index (χ0) is 18.1. The molecule has 1 aromatic heterocycles. The molecule has 26 heavy (non-hydrogen) atoms. The number of hydrogen-bond acceptors (Lipinski definition) is 4. The third-order valence-electron chi connectivity index (χ3n) is 5.29. The van der Waals surface area contributed by atoms with Crippen LogP contribution in [0.2, 0.25) is 0 Å². The number of carbonyl (C=O) groups excluding carboxylic acids is 1. The normalized spacial score (nSPS) is 21.2. The fourth-order valence-corrected chi connectivity index (χ4v) is 3.81. The van der Waals surface area contributed by atoms with Gasteiger partial charge in [-0.1, -0.05) is 30.3 Å². The highest BCUT2D eigenvalue weighted by Gasteiger charge is 2.52. The van der Waals surface area contributed by atoms with Gasteiger partial charge in [-0.25, -0.2) is 9.37 Å². The number of pyridine rings is 1. The van der Waals surface area contributed by atoms with Crippen molar-refractivity contribution in [2.24, 2.45) is 0 Å². The topological polar surface area (TPSA) is 45.7 Å². The summed E-state index contributed by atoms with van der Waals surface area (Å²) in [6.07, 6.45) is 2.32. The van der Waals surface area contributed by atoms with E-state index in [0.717, 1.165) is 13.0 Å². The van der Waals surface area contributed by atoms with Gasteiger partial charge in [0, 0.05) is 18.8 Å². The summed E-state index contributed by atoms with van der Waals surface area (Å²) >= 11 is 0. The second-order valence-corrected chi connectivity index (χ2v) is 7.25. The number of amides is 1. The molecule has 136 valence electrons. The third-order valence-corrected chi connectivity index (χ3v) is 5.29. The Morgan fingerprint density at radius 1 is 1.31 bits per heavy atom. The lowest BCUT2D eigenvalue weighted by Crippen LogP contribution is -2.63. The molecular formula is C20H22FN3O2. The predicted octanol–water partition coefficient (Wildman–Crippen LogP) is 2.34. The summed E-state index contributed by atoms with van der Waals surface area (Å²) < 4.78 is 19.8. The van der Waals surface area contributed by atoms with Gasteiger partial charge in [0.15, 0.2) is 11.5 Å². The smallest absolute Gasteiger partial charge is 0.275 e. The predicted molar refractivity (Wildman–Crippen MR) is 95.1 cm³/mol. The highest BCUT2D eigenvalue weighted by atomic mass is 19.1. The van der Waals surface area contributed by atoms with Crippen molar-refractivity contribution in [3.8, 4) is 0 Å². The number of benzene rings is 1. The van der Waals surface area contributed by atoms with E-state index in [9.17, 15) is 9.18 Å². The number of ether oxygens (including phenoxy) is 1. The van der Waals surface area contributed by atoms with E-state index in [1.54, 1.807) is 4.90 Å². The fourth-order valence-electron chi connectivity index (χ4n) is 3.81. The quantitative estimate of drug-likeness (QED) is 0.845. The zero-order valence-electron chi connectivity index (χ0n) is 14.8. The Kier molecular flexibility index (Phi) is 4.46. The second-order valence-electron chi connectivity index (χ2n) is 7.25. The number of likely N-dealkylation sites (N-methyl/N-ethyl adjacent to an activating group) is 1. The van der Waals surface area contributed by atoms with Crippen molar-refractivity contribution >= 4 is 5.91 Å².